The monoisotopic (exact) mass is 170 g/mol. The summed E-state index contributed by atoms with van der Waals surface area (Å²) in [5.41, 5.74) is 1.12. The highest BCUT2D eigenvalue weighted by Crippen LogP contribution is 2.49. The Morgan fingerprint density at radius 3 is 2.69 bits per heavy atom. The summed E-state index contributed by atoms with van der Waals surface area (Å²) in [6.07, 6.45) is 8.59. The number of hydrogen-bond acceptors (Lipinski definition) is 1. The van der Waals surface area contributed by atoms with Crippen LogP contribution in [0.25, 0.3) is 0 Å². The molecule has 2 unspecified atom stereocenters. The van der Waals surface area contributed by atoms with Gasteiger partial charge in [0, 0.05) is 0 Å². The Morgan fingerprint density at radius 2 is 1.92 bits per heavy atom. The molecule has 1 saturated heterocycles. The normalized spacial score (nSPS) is 34.3. The van der Waals surface area contributed by atoms with Crippen LogP contribution in [-0.2, 0) is 10.3 Å². The minimum atomic E-state index is -0.129. The summed E-state index contributed by atoms with van der Waals surface area (Å²) in [4.78, 5) is 0. The van der Waals surface area contributed by atoms with Gasteiger partial charge in [-0.25, -0.2) is 0 Å². The molecule has 0 N–H and O–H groups in total. The Bertz CT molecular complexity index is 377. The molecule has 0 aromatic heterocycles. The van der Waals surface area contributed by atoms with Crippen molar-refractivity contribution in [2.24, 2.45) is 0 Å². The standard InChI is InChI=1S/C12H10O/c1-2-6-10(7-3-1)12-9-5-4-8-11(12)13-12/h1-9,11H. The van der Waals surface area contributed by atoms with Crippen molar-refractivity contribution in [3.8, 4) is 0 Å². The van der Waals surface area contributed by atoms with Crippen LogP contribution in [0.3, 0.4) is 0 Å². The van der Waals surface area contributed by atoms with Gasteiger partial charge in [0.15, 0.2) is 0 Å². The maximum atomic E-state index is 5.68. The van der Waals surface area contributed by atoms with Crippen molar-refractivity contribution < 1.29 is 4.74 Å². The molecule has 1 heteroatoms. The summed E-state index contributed by atoms with van der Waals surface area (Å²) in [6, 6.07) is 10.4. The van der Waals surface area contributed by atoms with Crippen molar-refractivity contribution in [3.05, 3.63) is 60.2 Å². The molecule has 2 atom stereocenters. The van der Waals surface area contributed by atoms with Gasteiger partial charge in [-0.2, -0.15) is 0 Å². The molecule has 0 bridgehead atoms. The molecule has 0 radical (unpaired) electrons. The van der Waals surface area contributed by atoms with Crippen molar-refractivity contribution in [3.63, 3.8) is 0 Å². The van der Waals surface area contributed by atoms with E-state index < -0.39 is 0 Å². The predicted molar refractivity (Wildman–Crippen MR) is 51.3 cm³/mol. The minimum absolute atomic E-state index is 0.129. The lowest BCUT2D eigenvalue weighted by atomic mass is 9.92. The first-order valence-electron chi connectivity index (χ1n) is 4.51. The summed E-state index contributed by atoms with van der Waals surface area (Å²) in [5, 5.41) is 0. The van der Waals surface area contributed by atoms with Crippen LogP contribution < -0.4 is 0 Å². The molecule has 13 heavy (non-hydrogen) atoms. The van der Waals surface area contributed by atoms with E-state index in [0.29, 0.717) is 0 Å². The fraction of sp³-hybridized carbons (Fsp3) is 0.167. The van der Waals surface area contributed by atoms with E-state index in [1.807, 2.05) is 12.1 Å². The molecule has 0 spiro atoms. The van der Waals surface area contributed by atoms with Crippen LogP contribution in [-0.4, -0.2) is 6.10 Å². The van der Waals surface area contributed by atoms with Gasteiger partial charge in [0.2, 0.25) is 0 Å². The molecule has 64 valence electrons. The molecule has 1 nitrogen and oxygen atoms in total. The Balaban J connectivity index is 2.04. The van der Waals surface area contributed by atoms with E-state index >= 15 is 0 Å². The van der Waals surface area contributed by atoms with E-state index in [4.69, 9.17) is 4.74 Å². The second kappa shape index (κ2) is 2.33. The van der Waals surface area contributed by atoms with Crippen LogP contribution in [0, 0.1) is 0 Å². The fourth-order valence-electron chi connectivity index (χ4n) is 1.88. The molecule has 1 heterocycles. The van der Waals surface area contributed by atoms with E-state index in [-0.39, 0.29) is 11.7 Å². The zero-order valence-corrected chi connectivity index (χ0v) is 7.18. The molecule has 1 aliphatic heterocycles. The highest BCUT2D eigenvalue weighted by Gasteiger charge is 2.54. The van der Waals surface area contributed by atoms with Crippen LogP contribution in [0.4, 0.5) is 0 Å². The van der Waals surface area contributed by atoms with Crippen LogP contribution in [0.1, 0.15) is 5.56 Å². The molecule has 1 aromatic rings. The first kappa shape index (κ1) is 7.10. The highest BCUT2D eigenvalue weighted by atomic mass is 16.6. The number of benzene rings is 1. The third-order valence-electron chi connectivity index (χ3n) is 2.65. The zero-order chi connectivity index (χ0) is 8.73. The third kappa shape index (κ3) is 0.909. The SMILES string of the molecule is C1=CC2OC2(c2ccccc2)C=C1. The molecular weight excluding hydrogens is 160 g/mol. The Kier molecular flexibility index (Phi) is 1.27. The van der Waals surface area contributed by atoms with Gasteiger partial charge in [-0.05, 0) is 11.6 Å². The lowest BCUT2D eigenvalue weighted by Gasteiger charge is -2.08. The van der Waals surface area contributed by atoms with E-state index in [1.54, 1.807) is 0 Å². The quantitative estimate of drug-likeness (QED) is 0.589. The van der Waals surface area contributed by atoms with E-state index in [2.05, 4.69) is 42.5 Å². The van der Waals surface area contributed by atoms with Crippen LogP contribution in [0.2, 0.25) is 0 Å². The lowest BCUT2D eigenvalue weighted by Crippen LogP contribution is -2.09. The maximum absolute atomic E-state index is 5.68. The van der Waals surface area contributed by atoms with Crippen molar-refractivity contribution in [2.45, 2.75) is 11.7 Å². The minimum Gasteiger partial charge on any atom is -0.352 e. The van der Waals surface area contributed by atoms with E-state index in [0.717, 1.165) is 0 Å². The zero-order valence-electron chi connectivity index (χ0n) is 7.18. The van der Waals surface area contributed by atoms with E-state index in [1.165, 1.54) is 5.56 Å². The van der Waals surface area contributed by atoms with Gasteiger partial charge in [-0.3, -0.25) is 0 Å². The highest BCUT2D eigenvalue weighted by molar-refractivity contribution is 5.41. The van der Waals surface area contributed by atoms with Gasteiger partial charge in [0.05, 0.1) is 0 Å². The Hall–Kier alpha value is -1.34. The summed E-state index contributed by atoms with van der Waals surface area (Å²) < 4.78 is 5.68. The molecule has 2 aliphatic rings. The molecule has 1 fully saturated rings. The van der Waals surface area contributed by atoms with Crippen molar-refractivity contribution >= 4 is 0 Å². The summed E-state index contributed by atoms with van der Waals surface area (Å²) in [5.74, 6) is 0. The molecule has 3 rings (SSSR count). The van der Waals surface area contributed by atoms with Gasteiger partial charge in [0.1, 0.15) is 11.7 Å². The molecule has 0 amide bonds. The number of ether oxygens (including phenoxy) is 1. The number of rotatable bonds is 1. The number of hydrogen-bond donors (Lipinski definition) is 0. The topological polar surface area (TPSA) is 12.5 Å². The van der Waals surface area contributed by atoms with Crippen LogP contribution in [0.5, 0.6) is 0 Å². The average molecular weight is 170 g/mol. The van der Waals surface area contributed by atoms with Gasteiger partial charge in [0.25, 0.3) is 0 Å². The first-order valence-corrected chi connectivity index (χ1v) is 4.51. The lowest BCUT2D eigenvalue weighted by molar-refractivity contribution is 0.346. The van der Waals surface area contributed by atoms with Crippen molar-refractivity contribution in [1.29, 1.82) is 0 Å². The van der Waals surface area contributed by atoms with Crippen molar-refractivity contribution in [1.82, 2.24) is 0 Å². The number of allylic oxidation sites excluding steroid dienone is 2. The second-order valence-corrected chi connectivity index (χ2v) is 3.44. The fourth-order valence-corrected chi connectivity index (χ4v) is 1.88. The van der Waals surface area contributed by atoms with E-state index in [9.17, 15) is 0 Å². The largest absolute Gasteiger partial charge is 0.352 e. The molecular formula is C12H10O. The van der Waals surface area contributed by atoms with Gasteiger partial charge >= 0.3 is 0 Å². The van der Waals surface area contributed by atoms with Gasteiger partial charge in [-0.1, -0.05) is 48.6 Å². The summed E-state index contributed by atoms with van der Waals surface area (Å²) >= 11 is 0. The van der Waals surface area contributed by atoms with Gasteiger partial charge in [-0.15, -0.1) is 0 Å². The van der Waals surface area contributed by atoms with Crippen LogP contribution >= 0.6 is 0 Å². The summed E-state index contributed by atoms with van der Waals surface area (Å²) in [6.45, 7) is 0. The first-order chi connectivity index (χ1) is 6.42. The molecule has 1 aliphatic carbocycles. The summed E-state index contributed by atoms with van der Waals surface area (Å²) in [7, 11) is 0. The van der Waals surface area contributed by atoms with Crippen LogP contribution in [0.15, 0.2) is 54.6 Å². The smallest absolute Gasteiger partial charge is 0.142 e. The van der Waals surface area contributed by atoms with Gasteiger partial charge < -0.3 is 4.74 Å². The maximum Gasteiger partial charge on any atom is 0.142 e. The average Bonchev–Trinajstić information content (AvgIpc) is 2.94. The Morgan fingerprint density at radius 1 is 1.08 bits per heavy atom. The van der Waals surface area contributed by atoms with Crippen molar-refractivity contribution in [2.75, 3.05) is 0 Å². The molecule has 0 saturated carbocycles. The third-order valence-corrected chi connectivity index (χ3v) is 2.65. The Labute approximate surface area is 77.3 Å². The second-order valence-electron chi connectivity index (χ2n) is 3.44. The predicted octanol–water partition coefficient (Wildman–Crippen LogP) is 2.41. The molecule has 1 aromatic carbocycles. The number of fused-ring (bicyclic) bond motifs is 1. The number of epoxide rings is 1.